The summed E-state index contributed by atoms with van der Waals surface area (Å²) in [5.74, 6) is -0.588. The highest BCUT2D eigenvalue weighted by Crippen LogP contribution is 2.39. The third-order valence-corrected chi connectivity index (χ3v) is 6.32. The lowest BCUT2D eigenvalue weighted by Crippen LogP contribution is -2.34. The van der Waals surface area contributed by atoms with Crippen molar-refractivity contribution >= 4 is 11.6 Å². The van der Waals surface area contributed by atoms with E-state index in [1.165, 1.54) is 36.4 Å². The second kappa shape index (κ2) is 9.58. The van der Waals surface area contributed by atoms with Crippen molar-refractivity contribution in [1.82, 2.24) is 4.90 Å². The fourth-order valence-electron chi connectivity index (χ4n) is 4.60. The molecule has 8 heteroatoms. The molecule has 2 saturated heterocycles. The molecule has 0 spiro atoms. The molecule has 32 heavy (non-hydrogen) atoms. The number of halogens is 4. The summed E-state index contributed by atoms with van der Waals surface area (Å²) >= 11 is 0. The first kappa shape index (κ1) is 22.7. The molecule has 0 radical (unpaired) electrons. The quantitative estimate of drug-likeness (QED) is 0.631. The normalized spacial score (nSPS) is 22.8. The van der Waals surface area contributed by atoms with Crippen LogP contribution >= 0.6 is 0 Å². The first-order valence-electron chi connectivity index (χ1n) is 10.8. The first-order chi connectivity index (χ1) is 15.3. The van der Waals surface area contributed by atoms with Gasteiger partial charge in [-0.3, -0.25) is 9.69 Å². The number of ether oxygens (including phenoxy) is 1. The van der Waals surface area contributed by atoms with Crippen molar-refractivity contribution in [3.63, 3.8) is 0 Å². The van der Waals surface area contributed by atoms with Crippen LogP contribution in [0.2, 0.25) is 0 Å². The molecule has 1 amide bonds. The van der Waals surface area contributed by atoms with E-state index < -0.39 is 17.6 Å². The van der Waals surface area contributed by atoms with E-state index in [9.17, 15) is 22.4 Å². The van der Waals surface area contributed by atoms with Gasteiger partial charge in [-0.2, -0.15) is 13.2 Å². The molecule has 172 valence electrons. The number of alkyl halides is 3. The molecule has 4 nitrogen and oxygen atoms in total. The number of carbonyl (C=O) groups is 1. The highest BCUT2D eigenvalue weighted by molar-refractivity contribution is 5.92. The summed E-state index contributed by atoms with van der Waals surface area (Å²) in [5, 5.41) is 2.81. The largest absolute Gasteiger partial charge is 0.416 e. The summed E-state index contributed by atoms with van der Waals surface area (Å²) in [7, 11) is 0. The standard InChI is InChI=1S/C24H26F4N2O2/c25-20-4-6-21(7-5-20)29-23(31)18-13-22(17-2-1-3-19(12-17)24(26,27)28)30(15-18)14-16-8-10-32-11-9-16/h1-7,12,16,18,22H,8-11,13-15H2,(H,29,31)/t18-,22+/m1/s1. The predicted octanol–water partition coefficient (Wildman–Crippen LogP) is 5.27. The molecule has 0 bridgehead atoms. The third-order valence-electron chi connectivity index (χ3n) is 6.32. The van der Waals surface area contributed by atoms with Crippen molar-refractivity contribution in [2.75, 3.05) is 31.6 Å². The van der Waals surface area contributed by atoms with E-state index in [0.717, 1.165) is 18.9 Å². The Kier molecular flexibility index (Phi) is 6.81. The van der Waals surface area contributed by atoms with E-state index in [1.54, 1.807) is 6.07 Å². The van der Waals surface area contributed by atoms with Crippen molar-refractivity contribution < 1.29 is 27.1 Å². The average Bonchev–Trinajstić information content (AvgIpc) is 3.19. The van der Waals surface area contributed by atoms with Crippen LogP contribution in [0.4, 0.5) is 23.2 Å². The Morgan fingerprint density at radius 2 is 1.81 bits per heavy atom. The van der Waals surface area contributed by atoms with Gasteiger partial charge in [0.15, 0.2) is 0 Å². The Morgan fingerprint density at radius 3 is 2.50 bits per heavy atom. The summed E-state index contributed by atoms with van der Waals surface area (Å²) in [5.41, 5.74) is 0.388. The van der Waals surface area contributed by atoms with Gasteiger partial charge >= 0.3 is 6.18 Å². The average molecular weight is 450 g/mol. The maximum atomic E-state index is 13.3. The van der Waals surface area contributed by atoms with Crippen LogP contribution in [0.5, 0.6) is 0 Å². The smallest absolute Gasteiger partial charge is 0.381 e. The summed E-state index contributed by atoms with van der Waals surface area (Å²) < 4.78 is 58.4. The van der Waals surface area contributed by atoms with Gasteiger partial charge in [-0.05, 0) is 67.1 Å². The summed E-state index contributed by atoms with van der Waals surface area (Å²) in [6.45, 7) is 2.54. The molecular weight excluding hydrogens is 424 g/mol. The lowest BCUT2D eigenvalue weighted by Gasteiger charge is -2.31. The monoisotopic (exact) mass is 450 g/mol. The van der Waals surface area contributed by atoms with Crippen molar-refractivity contribution in [2.24, 2.45) is 11.8 Å². The zero-order valence-electron chi connectivity index (χ0n) is 17.6. The Labute approximate surface area is 184 Å². The summed E-state index contributed by atoms with van der Waals surface area (Å²) in [6.07, 6.45) is -2.19. The number of hydrogen-bond acceptors (Lipinski definition) is 3. The molecule has 1 N–H and O–H groups in total. The fourth-order valence-corrected chi connectivity index (χ4v) is 4.60. The topological polar surface area (TPSA) is 41.6 Å². The zero-order valence-corrected chi connectivity index (χ0v) is 17.6. The van der Waals surface area contributed by atoms with Gasteiger partial charge in [0.25, 0.3) is 0 Å². The van der Waals surface area contributed by atoms with Gasteiger partial charge in [-0.1, -0.05) is 12.1 Å². The number of anilines is 1. The van der Waals surface area contributed by atoms with Crippen LogP contribution in [0.25, 0.3) is 0 Å². The van der Waals surface area contributed by atoms with E-state index in [2.05, 4.69) is 10.2 Å². The molecule has 4 rings (SSSR count). The molecular formula is C24H26F4N2O2. The Balaban J connectivity index is 1.53. The van der Waals surface area contributed by atoms with Gasteiger partial charge in [-0.25, -0.2) is 4.39 Å². The highest BCUT2D eigenvalue weighted by atomic mass is 19.4. The number of carbonyl (C=O) groups excluding carboxylic acids is 1. The zero-order chi connectivity index (χ0) is 22.7. The number of hydrogen-bond donors (Lipinski definition) is 1. The fraction of sp³-hybridized carbons (Fsp3) is 0.458. The van der Waals surface area contributed by atoms with Crippen molar-refractivity contribution in [1.29, 1.82) is 0 Å². The molecule has 2 aliphatic heterocycles. The number of likely N-dealkylation sites (tertiary alicyclic amines) is 1. The molecule has 2 fully saturated rings. The number of nitrogens with one attached hydrogen (secondary N) is 1. The van der Waals surface area contributed by atoms with E-state index in [1.807, 2.05) is 0 Å². The molecule has 2 aromatic rings. The molecule has 0 saturated carbocycles. The first-order valence-corrected chi connectivity index (χ1v) is 10.8. The molecule has 2 atom stereocenters. The van der Waals surface area contributed by atoms with Crippen LogP contribution in [0.15, 0.2) is 48.5 Å². The molecule has 0 aliphatic carbocycles. The van der Waals surface area contributed by atoms with Gasteiger partial charge in [0.1, 0.15) is 5.82 Å². The lowest BCUT2D eigenvalue weighted by molar-refractivity contribution is -0.137. The van der Waals surface area contributed by atoms with Crippen LogP contribution < -0.4 is 5.32 Å². The maximum Gasteiger partial charge on any atom is 0.416 e. The van der Waals surface area contributed by atoms with Crippen LogP contribution in [-0.2, 0) is 15.7 Å². The molecule has 0 unspecified atom stereocenters. The van der Waals surface area contributed by atoms with E-state index in [4.69, 9.17) is 4.74 Å². The van der Waals surface area contributed by atoms with Gasteiger partial charge in [0.2, 0.25) is 5.91 Å². The number of benzene rings is 2. The highest BCUT2D eigenvalue weighted by Gasteiger charge is 2.39. The van der Waals surface area contributed by atoms with Crippen LogP contribution in [0, 0.1) is 17.7 Å². The SMILES string of the molecule is O=C(Nc1ccc(F)cc1)[C@@H]1C[C@@H](c2cccc(C(F)(F)F)c2)N(CC2CCOCC2)C1. The number of amides is 1. The van der Waals surface area contributed by atoms with Crippen molar-refractivity contribution in [2.45, 2.75) is 31.5 Å². The number of rotatable bonds is 5. The van der Waals surface area contributed by atoms with E-state index in [-0.39, 0.29) is 17.9 Å². The van der Waals surface area contributed by atoms with Gasteiger partial charge in [-0.15, -0.1) is 0 Å². The molecule has 2 heterocycles. The molecule has 2 aromatic carbocycles. The second-order valence-electron chi connectivity index (χ2n) is 8.58. The van der Waals surface area contributed by atoms with Crippen LogP contribution in [0.1, 0.15) is 36.4 Å². The van der Waals surface area contributed by atoms with Crippen LogP contribution in [0.3, 0.4) is 0 Å². The minimum Gasteiger partial charge on any atom is -0.381 e. The van der Waals surface area contributed by atoms with E-state index in [0.29, 0.717) is 49.9 Å². The maximum absolute atomic E-state index is 13.3. The van der Waals surface area contributed by atoms with Crippen LogP contribution in [-0.4, -0.2) is 37.1 Å². The van der Waals surface area contributed by atoms with Crippen molar-refractivity contribution in [3.05, 3.63) is 65.5 Å². The van der Waals surface area contributed by atoms with E-state index >= 15 is 0 Å². The Morgan fingerprint density at radius 1 is 1.09 bits per heavy atom. The van der Waals surface area contributed by atoms with Crippen molar-refractivity contribution in [3.8, 4) is 0 Å². The van der Waals surface area contributed by atoms with Gasteiger partial charge < -0.3 is 10.1 Å². The Hall–Kier alpha value is -2.45. The minimum atomic E-state index is -4.42. The minimum absolute atomic E-state index is 0.205. The number of nitrogens with zero attached hydrogens (tertiary/aromatic N) is 1. The Bertz CT molecular complexity index is 926. The van der Waals surface area contributed by atoms with Gasteiger partial charge in [0.05, 0.1) is 11.5 Å². The predicted molar refractivity (Wildman–Crippen MR) is 112 cm³/mol. The molecule has 0 aromatic heterocycles. The lowest BCUT2D eigenvalue weighted by atomic mass is 9.96. The van der Waals surface area contributed by atoms with Gasteiger partial charge in [0, 0.05) is 38.0 Å². The molecule has 2 aliphatic rings. The summed E-state index contributed by atoms with van der Waals surface area (Å²) in [6, 6.07) is 10.7. The second-order valence-corrected chi connectivity index (χ2v) is 8.58. The summed E-state index contributed by atoms with van der Waals surface area (Å²) in [4.78, 5) is 15.0. The third kappa shape index (κ3) is 5.48.